The van der Waals surface area contributed by atoms with E-state index in [1.807, 2.05) is 6.07 Å². The first-order valence-electron chi connectivity index (χ1n) is 5.91. The minimum Gasteiger partial charge on any atom is -0.397 e. The summed E-state index contributed by atoms with van der Waals surface area (Å²) in [5, 5.41) is 9.78. The van der Waals surface area contributed by atoms with Crippen LogP contribution in [0.4, 0.5) is 15.9 Å². The molecular weight excluding hydrogens is 221 g/mol. The molecule has 1 aliphatic rings. The highest BCUT2D eigenvalue weighted by molar-refractivity contribution is 5.46. The molecule has 0 aromatic carbocycles. The van der Waals surface area contributed by atoms with Crippen LogP contribution in [0.25, 0.3) is 0 Å². The Morgan fingerprint density at radius 3 is 3.00 bits per heavy atom. The molecule has 1 saturated heterocycles. The molecule has 3 N–H and O–H groups in total. The first-order valence-corrected chi connectivity index (χ1v) is 5.91. The summed E-state index contributed by atoms with van der Waals surface area (Å²) >= 11 is 0. The quantitative estimate of drug-likeness (QED) is 0.832. The number of hydrogen-bond acceptors (Lipinski definition) is 4. The third-order valence-electron chi connectivity index (χ3n) is 3.27. The van der Waals surface area contributed by atoms with E-state index < -0.39 is 6.10 Å². The van der Waals surface area contributed by atoms with Gasteiger partial charge in [-0.1, -0.05) is 0 Å². The summed E-state index contributed by atoms with van der Waals surface area (Å²) in [7, 11) is 0. The molecule has 0 unspecified atom stereocenters. The van der Waals surface area contributed by atoms with E-state index >= 15 is 0 Å². The molecule has 0 radical (unpaired) electrons. The van der Waals surface area contributed by atoms with Crippen LogP contribution in [0.1, 0.15) is 12.8 Å². The Morgan fingerprint density at radius 1 is 1.53 bits per heavy atom. The third kappa shape index (κ3) is 2.85. The zero-order valence-corrected chi connectivity index (χ0v) is 9.72. The van der Waals surface area contributed by atoms with Gasteiger partial charge in [0.2, 0.25) is 0 Å². The Hall–Kier alpha value is -1.36. The first-order chi connectivity index (χ1) is 8.20. The lowest BCUT2D eigenvalue weighted by atomic mass is 9.92. The molecule has 0 aliphatic carbocycles. The van der Waals surface area contributed by atoms with E-state index in [0.29, 0.717) is 25.1 Å². The molecule has 5 heteroatoms. The van der Waals surface area contributed by atoms with Crippen LogP contribution in [0.3, 0.4) is 0 Å². The number of anilines is 2. The van der Waals surface area contributed by atoms with Crippen molar-refractivity contribution >= 4 is 11.5 Å². The van der Waals surface area contributed by atoms with Crippen molar-refractivity contribution in [3.63, 3.8) is 0 Å². The van der Waals surface area contributed by atoms with Crippen molar-refractivity contribution in [3.8, 4) is 0 Å². The van der Waals surface area contributed by atoms with Crippen molar-refractivity contribution < 1.29 is 9.50 Å². The number of nitrogens with two attached hydrogens (primary N) is 1. The van der Waals surface area contributed by atoms with E-state index in [1.54, 1.807) is 12.3 Å². The SMILES string of the molecule is Nc1ccc(N2CC[C@@H](O)[C@@H](CCF)C2)nc1. The number of aliphatic hydroxyl groups is 1. The molecule has 17 heavy (non-hydrogen) atoms. The fourth-order valence-electron chi connectivity index (χ4n) is 2.24. The Kier molecular flexibility index (Phi) is 3.78. The molecule has 2 rings (SSSR count). The summed E-state index contributed by atoms with van der Waals surface area (Å²) in [6.07, 6.45) is 2.30. The molecule has 2 atom stereocenters. The van der Waals surface area contributed by atoms with Gasteiger partial charge in [0.15, 0.2) is 0 Å². The Bertz CT molecular complexity index is 357. The second-order valence-electron chi connectivity index (χ2n) is 4.49. The maximum Gasteiger partial charge on any atom is 0.128 e. The fraction of sp³-hybridized carbons (Fsp3) is 0.583. The molecule has 1 aromatic rings. The molecule has 0 amide bonds. The maximum atomic E-state index is 12.4. The standard InChI is InChI=1S/C12H18FN3O/c13-5-3-9-8-16(6-4-11(9)17)12-2-1-10(14)7-15-12/h1-2,7,9,11,17H,3-6,8,14H2/t9-,11+/m0/s1. The van der Waals surface area contributed by atoms with Crippen molar-refractivity contribution in [1.29, 1.82) is 0 Å². The number of aromatic nitrogens is 1. The number of hydrogen-bond donors (Lipinski definition) is 2. The smallest absolute Gasteiger partial charge is 0.128 e. The van der Waals surface area contributed by atoms with E-state index in [-0.39, 0.29) is 12.6 Å². The lowest BCUT2D eigenvalue weighted by Crippen LogP contribution is -2.43. The highest BCUT2D eigenvalue weighted by Gasteiger charge is 2.27. The van der Waals surface area contributed by atoms with Crippen LogP contribution in [-0.2, 0) is 0 Å². The molecule has 0 spiro atoms. The van der Waals surface area contributed by atoms with Crippen LogP contribution in [0, 0.1) is 5.92 Å². The fourth-order valence-corrected chi connectivity index (χ4v) is 2.24. The first kappa shape index (κ1) is 12.1. The Balaban J connectivity index is 2.04. The summed E-state index contributed by atoms with van der Waals surface area (Å²) in [5.41, 5.74) is 6.21. The van der Waals surface area contributed by atoms with E-state index in [2.05, 4.69) is 9.88 Å². The minimum atomic E-state index is -0.393. The minimum absolute atomic E-state index is 0.00639. The van der Waals surface area contributed by atoms with Gasteiger partial charge in [-0.3, -0.25) is 4.39 Å². The van der Waals surface area contributed by atoms with Gasteiger partial charge in [-0.25, -0.2) is 4.98 Å². The number of nitrogen functional groups attached to an aromatic ring is 1. The van der Waals surface area contributed by atoms with Gasteiger partial charge in [-0.2, -0.15) is 0 Å². The van der Waals surface area contributed by atoms with Gasteiger partial charge in [0.25, 0.3) is 0 Å². The normalized spacial score (nSPS) is 24.9. The zero-order chi connectivity index (χ0) is 12.3. The maximum absolute atomic E-state index is 12.4. The third-order valence-corrected chi connectivity index (χ3v) is 3.27. The van der Waals surface area contributed by atoms with Gasteiger partial charge in [-0.05, 0) is 25.0 Å². The predicted molar refractivity (Wildman–Crippen MR) is 65.6 cm³/mol. The van der Waals surface area contributed by atoms with E-state index in [4.69, 9.17) is 5.73 Å². The van der Waals surface area contributed by atoms with Crippen molar-refractivity contribution in [2.24, 2.45) is 5.92 Å². The van der Waals surface area contributed by atoms with Crippen LogP contribution in [0.15, 0.2) is 18.3 Å². The Morgan fingerprint density at radius 2 is 2.35 bits per heavy atom. The van der Waals surface area contributed by atoms with Crippen LogP contribution >= 0.6 is 0 Å². The second-order valence-corrected chi connectivity index (χ2v) is 4.49. The molecule has 0 saturated carbocycles. The highest BCUT2D eigenvalue weighted by Crippen LogP contribution is 2.24. The molecular formula is C12H18FN3O. The summed E-state index contributed by atoms with van der Waals surface area (Å²) in [5.74, 6) is 0.836. The lowest BCUT2D eigenvalue weighted by Gasteiger charge is -2.36. The van der Waals surface area contributed by atoms with Crippen LogP contribution < -0.4 is 10.6 Å². The summed E-state index contributed by atoms with van der Waals surface area (Å²) in [6, 6.07) is 3.66. The monoisotopic (exact) mass is 239 g/mol. The van der Waals surface area contributed by atoms with Gasteiger partial charge < -0.3 is 15.7 Å². The Labute approximate surface area is 100 Å². The average Bonchev–Trinajstić information content (AvgIpc) is 2.33. The largest absolute Gasteiger partial charge is 0.397 e. The zero-order valence-electron chi connectivity index (χ0n) is 9.72. The van der Waals surface area contributed by atoms with Crippen LogP contribution in [0.2, 0.25) is 0 Å². The molecule has 1 aliphatic heterocycles. The number of pyridine rings is 1. The number of halogens is 1. The summed E-state index contributed by atoms with van der Waals surface area (Å²) in [4.78, 5) is 6.32. The molecule has 2 heterocycles. The van der Waals surface area contributed by atoms with Gasteiger partial charge in [-0.15, -0.1) is 0 Å². The van der Waals surface area contributed by atoms with E-state index in [0.717, 1.165) is 12.4 Å². The van der Waals surface area contributed by atoms with Crippen molar-refractivity contribution in [3.05, 3.63) is 18.3 Å². The summed E-state index contributed by atoms with van der Waals surface area (Å²) < 4.78 is 12.4. The molecule has 4 nitrogen and oxygen atoms in total. The number of alkyl halides is 1. The van der Waals surface area contributed by atoms with Gasteiger partial charge in [0.05, 0.1) is 24.7 Å². The van der Waals surface area contributed by atoms with Gasteiger partial charge in [0, 0.05) is 19.0 Å². The highest BCUT2D eigenvalue weighted by atomic mass is 19.1. The molecule has 1 aromatic heterocycles. The lowest BCUT2D eigenvalue weighted by molar-refractivity contribution is 0.0792. The molecule has 94 valence electrons. The topological polar surface area (TPSA) is 62.4 Å². The van der Waals surface area contributed by atoms with Gasteiger partial charge >= 0.3 is 0 Å². The predicted octanol–water partition coefficient (Wildman–Crippen LogP) is 1.21. The van der Waals surface area contributed by atoms with E-state index in [1.165, 1.54) is 0 Å². The van der Waals surface area contributed by atoms with Crippen molar-refractivity contribution in [2.75, 3.05) is 30.4 Å². The second kappa shape index (κ2) is 5.31. The molecule has 1 fully saturated rings. The molecule has 0 bridgehead atoms. The average molecular weight is 239 g/mol. The number of rotatable bonds is 3. The van der Waals surface area contributed by atoms with Crippen molar-refractivity contribution in [1.82, 2.24) is 4.98 Å². The number of nitrogens with zero attached hydrogens (tertiary/aromatic N) is 2. The van der Waals surface area contributed by atoms with E-state index in [9.17, 15) is 9.50 Å². The van der Waals surface area contributed by atoms with Gasteiger partial charge in [0.1, 0.15) is 5.82 Å². The summed E-state index contributed by atoms with van der Waals surface area (Å²) in [6.45, 7) is 1.02. The van der Waals surface area contributed by atoms with Crippen LogP contribution in [0.5, 0.6) is 0 Å². The number of piperidine rings is 1. The number of aliphatic hydroxyl groups excluding tert-OH is 1. The van der Waals surface area contributed by atoms with Crippen molar-refractivity contribution in [2.45, 2.75) is 18.9 Å². The van der Waals surface area contributed by atoms with Crippen LogP contribution in [-0.4, -0.2) is 36.0 Å².